The Hall–Kier alpha value is -3.48. The number of carbonyl (C=O) groups excluding carboxylic acids is 2. The summed E-state index contributed by atoms with van der Waals surface area (Å²) < 4.78 is 5.41. The van der Waals surface area contributed by atoms with Gasteiger partial charge in [-0.15, -0.1) is 0 Å². The first-order valence-electron chi connectivity index (χ1n) is 9.70. The Kier molecular flexibility index (Phi) is 5.65. The lowest BCUT2D eigenvalue weighted by Gasteiger charge is -2.21. The number of hydrogen-bond acceptors (Lipinski definition) is 5. The van der Waals surface area contributed by atoms with Gasteiger partial charge in [0.15, 0.2) is 5.82 Å². The molecule has 1 atom stereocenters. The van der Waals surface area contributed by atoms with Gasteiger partial charge in [0.25, 0.3) is 5.91 Å². The van der Waals surface area contributed by atoms with Crippen LogP contribution in [0, 0.1) is 0 Å². The largest absolute Gasteiger partial charge is 0.345 e. The van der Waals surface area contributed by atoms with Gasteiger partial charge in [0.2, 0.25) is 11.8 Å². The highest BCUT2D eigenvalue weighted by Gasteiger charge is 2.35. The quantitative estimate of drug-likeness (QED) is 0.670. The molecular weight excluding hydrogens is 368 g/mol. The van der Waals surface area contributed by atoms with Gasteiger partial charge in [-0.25, -0.2) is 0 Å². The summed E-state index contributed by atoms with van der Waals surface area (Å²) in [5.74, 6) is 0.722. The van der Waals surface area contributed by atoms with Crippen molar-refractivity contribution in [3.63, 3.8) is 0 Å². The number of benzene rings is 2. The van der Waals surface area contributed by atoms with Crippen LogP contribution in [0.5, 0.6) is 0 Å². The predicted octanol–water partition coefficient (Wildman–Crippen LogP) is 2.91. The van der Waals surface area contributed by atoms with Gasteiger partial charge < -0.3 is 14.7 Å². The van der Waals surface area contributed by atoms with E-state index in [1.54, 1.807) is 12.1 Å². The molecule has 2 amide bonds. The molecule has 0 saturated carbocycles. The van der Waals surface area contributed by atoms with E-state index in [0.29, 0.717) is 36.7 Å². The molecule has 7 heteroatoms. The maximum absolute atomic E-state index is 12.3. The molecule has 1 saturated heterocycles. The second-order valence-electron chi connectivity index (χ2n) is 6.97. The lowest BCUT2D eigenvalue weighted by atomic mass is 10.1. The molecule has 0 radical (unpaired) electrons. The Bertz CT molecular complexity index is 972. The molecule has 1 fully saturated rings. The first kappa shape index (κ1) is 18.9. The summed E-state index contributed by atoms with van der Waals surface area (Å²) in [7, 11) is 0. The second-order valence-corrected chi connectivity index (χ2v) is 6.97. The van der Waals surface area contributed by atoms with Crippen molar-refractivity contribution in [1.29, 1.82) is 0 Å². The maximum Gasteiger partial charge on any atom is 0.251 e. The fourth-order valence-electron chi connectivity index (χ4n) is 3.49. The van der Waals surface area contributed by atoms with Gasteiger partial charge in [-0.1, -0.05) is 53.7 Å². The number of likely N-dealkylation sites (tertiary alicyclic amines) is 1. The highest BCUT2D eigenvalue weighted by molar-refractivity contribution is 5.93. The summed E-state index contributed by atoms with van der Waals surface area (Å²) >= 11 is 0. The smallest absolute Gasteiger partial charge is 0.251 e. The van der Waals surface area contributed by atoms with Crippen molar-refractivity contribution < 1.29 is 14.1 Å². The SMILES string of the molecule is O=C(NCc1noc([C@@H]2CCC(=O)N2CCc2ccccc2)n1)c1ccccc1. The number of hydrogen-bond donors (Lipinski definition) is 1. The van der Waals surface area contributed by atoms with E-state index >= 15 is 0 Å². The van der Waals surface area contributed by atoms with Crippen molar-refractivity contribution in [3.8, 4) is 0 Å². The average Bonchev–Trinajstić information content (AvgIpc) is 3.38. The Balaban J connectivity index is 1.37. The van der Waals surface area contributed by atoms with Gasteiger partial charge in [0.1, 0.15) is 6.04 Å². The highest BCUT2D eigenvalue weighted by Crippen LogP contribution is 2.31. The van der Waals surface area contributed by atoms with Crippen LogP contribution in [0.1, 0.15) is 46.5 Å². The summed E-state index contributed by atoms with van der Waals surface area (Å²) in [6, 6.07) is 18.8. The van der Waals surface area contributed by atoms with E-state index in [2.05, 4.69) is 27.6 Å². The summed E-state index contributed by atoms with van der Waals surface area (Å²) in [6.07, 6.45) is 1.91. The standard InChI is InChI=1S/C22H22N4O3/c27-20-12-11-18(26(20)14-13-16-7-3-1-4-8-16)22-24-19(25-29-22)15-23-21(28)17-9-5-2-6-10-17/h1-10,18H,11-15H2,(H,23,28)/t18-/m0/s1. The Morgan fingerprint density at radius 1 is 1.10 bits per heavy atom. The molecule has 0 spiro atoms. The molecule has 0 unspecified atom stereocenters. The van der Waals surface area contributed by atoms with Crippen LogP contribution >= 0.6 is 0 Å². The molecule has 29 heavy (non-hydrogen) atoms. The zero-order valence-corrected chi connectivity index (χ0v) is 16.0. The van der Waals surface area contributed by atoms with E-state index in [-0.39, 0.29) is 24.4 Å². The molecule has 1 aromatic heterocycles. The van der Waals surface area contributed by atoms with Crippen molar-refractivity contribution in [3.05, 3.63) is 83.5 Å². The molecule has 1 N–H and O–H groups in total. The van der Waals surface area contributed by atoms with Crippen molar-refractivity contribution in [1.82, 2.24) is 20.4 Å². The van der Waals surface area contributed by atoms with Crippen molar-refractivity contribution in [2.24, 2.45) is 0 Å². The van der Waals surface area contributed by atoms with Crippen molar-refractivity contribution in [2.45, 2.75) is 31.8 Å². The van der Waals surface area contributed by atoms with Crippen LogP contribution < -0.4 is 5.32 Å². The van der Waals surface area contributed by atoms with Gasteiger partial charge in [-0.3, -0.25) is 9.59 Å². The molecule has 4 rings (SSSR count). The summed E-state index contributed by atoms with van der Waals surface area (Å²) in [4.78, 5) is 30.7. The number of amides is 2. The van der Waals surface area contributed by atoms with Crippen LogP contribution in [0.2, 0.25) is 0 Å². The molecule has 148 valence electrons. The number of nitrogens with one attached hydrogen (secondary N) is 1. The fourth-order valence-corrected chi connectivity index (χ4v) is 3.49. The molecule has 3 aromatic rings. The van der Waals surface area contributed by atoms with E-state index in [0.717, 1.165) is 6.42 Å². The lowest BCUT2D eigenvalue weighted by molar-refractivity contribution is -0.129. The van der Waals surface area contributed by atoms with Crippen molar-refractivity contribution >= 4 is 11.8 Å². The molecule has 7 nitrogen and oxygen atoms in total. The minimum Gasteiger partial charge on any atom is -0.345 e. The fraction of sp³-hybridized carbons (Fsp3) is 0.273. The minimum absolute atomic E-state index is 0.100. The number of nitrogens with zero attached hydrogens (tertiary/aromatic N) is 3. The lowest BCUT2D eigenvalue weighted by Crippen LogP contribution is -2.30. The van der Waals surface area contributed by atoms with E-state index in [9.17, 15) is 9.59 Å². The van der Waals surface area contributed by atoms with Crippen molar-refractivity contribution in [2.75, 3.05) is 6.54 Å². The Labute approximate surface area is 168 Å². The van der Waals surface area contributed by atoms with Gasteiger partial charge in [-0.2, -0.15) is 4.98 Å². The van der Waals surface area contributed by atoms with Crippen LogP contribution in [0.15, 0.2) is 65.2 Å². The summed E-state index contributed by atoms with van der Waals surface area (Å²) in [5.41, 5.74) is 1.76. The summed E-state index contributed by atoms with van der Waals surface area (Å²) in [6.45, 7) is 0.776. The molecule has 0 aliphatic carbocycles. The van der Waals surface area contributed by atoms with E-state index in [1.165, 1.54) is 5.56 Å². The number of rotatable bonds is 7. The normalized spacial score (nSPS) is 16.2. The molecular formula is C22H22N4O3. The topological polar surface area (TPSA) is 88.3 Å². The van der Waals surface area contributed by atoms with Crippen LogP contribution in [0.25, 0.3) is 0 Å². The van der Waals surface area contributed by atoms with Crippen LogP contribution in [0.4, 0.5) is 0 Å². The predicted molar refractivity (Wildman–Crippen MR) is 106 cm³/mol. The third-order valence-electron chi connectivity index (χ3n) is 5.02. The molecule has 2 aromatic carbocycles. The van der Waals surface area contributed by atoms with Crippen LogP contribution in [-0.2, 0) is 17.8 Å². The van der Waals surface area contributed by atoms with Crippen LogP contribution in [0.3, 0.4) is 0 Å². The van der Waals surface area contributed by atoms with Gasteiger partial charge in [0.05, 0.1) is 6.54 Å². The molecule has 0 bridgehead atoms. The van der Waals surface area contributed by atoms with Gasteiger partial charge in [0, 0.05) is 18.5 Å². The first-order chi connectivity index (χ1) is 14.2. The van der Waals surface area contributed by atoms with Gasteiger partial charge >= 0.3 is 0 Å². The van der Waals surface area contributed by atoms with E-state index in [4.69, 9.17) is 4.52 Å². The first-order valence-corrected chi connectivity index (χ1v) is 9.70. The average molecular weight is 390 g/mol. The third-order valence-corrected chi connectivity index (χ3v) is 5.02. The minimum atomic E-state index is -0.211. The van der Waals surface area contributed by atoms with Crippen LogP contribution in [-0.4, -0.2) is 33.4 Å². The molecule has 2 heterocycles. The van der Waals surface area contributed by atoms with E-state index < -0.39 is 0 Å². The summed E-state index contributed by atoms with van der Waals surface area (Å²) in [5, 5.41) is 6.75. The maximum atomic E-state index is 12.3. The molecule has 1 aliphatic rings. The van der Waals surface area contributed by atoms with E-state index in [1.807, 2.05) is 41.3 Å². The Morgan fingerprint density at radius 3 is 2.59 bits per heavy atom. The zero-order chi connectivity index (χ0) is 20.1. The highest BCUT2D eigenvalue weighted by atomic mass is 16.5. The monoisotopic (exact) mass is 390 g/mol. The number of aromatic nitrogens is 2. The molecule has 1 aliphatic heterocycles. The van der Waals surface area contributed by atoms with Gasteiger partial charge in [-0.05, 0) is 30.5 Å². The second kappa shape index (κ2) is 8.68. The number of carbonyl (C=O) groups is 2. The third kappa shape index (κ3) is 4.51. The Morgan fingerprint density at radius 2 is 1.83 bits per heavy atom. The zero-order valence-electron chi connectivity index (χ0n) is 16.0.